The molecule has 0 fully saturated rings. The van der Waals surface area contributed by atoms with Crippen LogP contribution in [0.1, 0.15) is 20.1 Å². The minimum absolute atomic E-state index is 0.309. The lowest BCUT2D eigenvalue weighted by Crippen LogP contribution is -2.20. The average molecular weight is 368 g/mol. The molecule has 1 amide bonds. The minimum Gasteiger partial charge on any atom is -0.451 e. The predicted molar refractivity (Wildman–Crippen MR) is 86.8 cm³/mol. The molecule has 0 unspecified atom stereocenters. The lowest BCUT2D eigenvalue weighted by molar-refractivity contribution is -0.119. The molecule has 2 rings (SSSR count). The normalized spacial score (nSPS) is 10.2. The van der Waals surface area contributed by atoms with E-state index >= 15 is 0 Å². The van der Waals surface area contributed by atoms with Crippen molar-refractivity contribution in [3.63, 3.8) is 0 Å². The summed E-state index contributed by atoms with van der Waals surface area (Å²) in [6.45, 7) is 3.56. The van der Waals surface area contributed by atoms with Crippen molar-refractivity contribution in [1.29, 1.82) is 0 Å². The Bertz CT molecular complexity index is 681. The highest BCUT2D eigenvalue weighted by molar-refractivity contribution is 9.10. The van der Waals surface area contributed by atoms with Crippen molar-refractivity contribution in [2.75, 3.05) is 11.9 Å². The van der Waals surface area contributed by atoms with Crippen molar-refractivity contribution < 1.29 is 14.3 Å². The molecule has 0 spiro atoms. The predicted octanol–water partition coefficient (Wildman–Crippen LogP) is 3.92. The van der Waals surface area contributed by atoms with E-state index in [0.29, 0.717) is 10.6 Å². The van der Waals surface area contributed by atoms with Gasteiger partial charge in [0.1, 0.15) is 4.88 Å². The molecule has 1 N–H and O–H groups in total. The van der Waals surface area contributed by atoms with E-state index in [4.69, 9.17) is 4.74 Å². The van der Waals surface area contributed by atoms with Crippen molar-refractivity contribution in [2.24, 2.45) is 0 Å². The van der Waals surface area contributed by atoms with Gasteiger partial charge in [0.15, 0.2) is 6.61 Å². The topological polar surface area (TPSA) is 55.4 Å². The molecule has 1 aromatic heterocycles. The second kappa shape index (κ2) is 6.87. The van der Waals surface area contributed by atoms with E-state index in [9.17, 15) is 9.59 Å². The van der Waals surface area contributed by atoms with Crippen LogP contribution in [0.4, 0.5) is 5.69 Å². The second-order valence-electron chi connectivity index (χ2n) is 4.52. The van der Waals surface area contributed by atoms with Gasteiger partial charge in [0.2, 0.25) is 0 Å². The zero-order valence-corrected chi connectivity index (χ0v) is 14.0. The first-order valence-electron chi connectivity index (χ1n) is 6.25. The van der Waals surface area contributed by atoms with Crippen molar-refractivity contribution in [3.05, 3.63) is 50.1 Å². The summed E-state index contributed by atoms with van der Waals surface area (Å²) in [4.78, 5) is 25.0. The van der Waals surface area contributed by atoms with E-state index in [1.54, 1.807) is 12.1 Å². The fourth-order valence-electron chi connectivity index (χ4n) is 1.65. The smallest absolute Gasteiger partial charge is 0.348 e. The number of carbonyl (C=O) groups excluding carboxylic acids is 2. The number of halogens is 1. The van der Waals surface area contributed by atoms with Crippen molar-refractivity contribution in [1.82, 2.24) is 0 Å². The summed E-state index contributed by atoms with van der Waals surface area (Å²) >= 11 is 4.72. The number of carbonyl (C=O) groups is 2. The number of aryl methyl sites for hydroxylation is 2. The molecule has 0 bridgehead atoms. The SMILES string of the molecule is Cc1ccc(NC(=O)COC(=O)c2ccc(C)s2)c(Br)c1. The van der Waals surface area contributed by atoms with Gasteiger partial charge < -0.3 is 10.1 Å². The van der Waals surface area contributed by atoms with E-state index < -0.39 is 5.97 Å². The fourth-order valence-corrected chi connectivity index (χ4v) is 3.01. The van der Waals surface area contributed by atoms with Gasteiger partial charge in [0, 0.05) is 9.35 Å². The van der Waals surface area contributed by atoms with Crippen LogP contribution < -0.4 is 5.32 Å². The number of nitrogens with one attached hydrogen (secondary N) is 1. The van der Waals surface area contributed by atoms with Crippen LogP contribution in [0.3, 0.4) is 0 Å². The Morgan fingerprint density at radius 1 is 1.24 bits per heavy atom. The van der Waals surface area contributed by atoms with Crippen molar-refractivity contribution in [3.8, 4) is 0 Å². The summed E-state index contributed by atoms with van der Waals surface area (Å²) < 4.78 is 5.77. The second-order valence-corrected chi connectivity index (χ2v) is 6.66. The van der Waals surface area contributed by atoms with Crippen LogP contribution in [0.15, 0.2) is 34.8 Å². The number of thiophene rings is 1. The summed E-state index contributed by atoms with van der Waals surface area (Å²) in [5, 5.41) is 2.69. The molecule has 0 aliphatic heterocycles. The number of anilines is 1. The van der Waals surface area contributed by atoms with Crippen LogP contribution >= 0.6 is 27.3 Å². The third-order valence-electron chi connectivity index (χ3n) is 2.67. The number of benzene rings is 1. The first-order chi connectivity index (χ1) is 9.95. The molecule has 110 valence electrons. The zero-order chi connectivity index (χ0) is 15.4. The molecule has 0 radical (unpaired) electrons. The first-order valence-corrected chi connectivity index (χ1v) is 7.86. The molecule has 0 atom stereocenters. The lowest BCUT2D eigenvalue weighted by atomic mass is 10.2. The van der Waals surface area contributed by atoms with Gasteiger partial charge in [-0.15, -0.1) is 11.3 Å². The van der Waals surface area contributed by atoms with E-state index in [-0.39, 0.29) is 12.5 Å². The number of amides is 1. The number of hydrogen-bond donors (Lipinski definition) is 1. The van der Waals surface area contributed by atoms with Crippen LogP contribution in [0.25, 0.3) is 0 Å². The van der Waals surface area contributed by atoms with Gasteiger partial charge in [-0.1, -0.05) is 6.07 Å². The summed E-state index contributed by atoms with van der Waals surface area (Å²) in [7, 11) is 0. The summed E-state index contributed by atoms with van der Waals surface area (Å²) in [6.07, 6.45) is 0. The van der Waals surface area contributed by atoms with Gasteiger partial charge in [-0.3, -0.25) is 4.79 Å². The van der Waals surface area contributed by atoms with Gasteiger partial charge in [-0.25, -0.2) is 4.79 Å². The molecule has 0 aliphatic carbocycles. The molecule has 1 aromatic carbocycles. The Labute approximate surface area is 135 Å². The quantitative estimate of drug-likeness (QED) is 0.833. The Kier molecular flexibility index (Phi) is 5.14. The van der Waals surface area contributed by atoms with E-state index in [2.05, 4.69) is 21.2 Å². The summed E-state index contributed by atoms with van der Waals surface area (Å²) in [6, 6.07) is 9.11. The molecule has 21 heavy (non-hydrogen) atoms. The van der Waals surface area contributed by atoms with Crippen molar-refractivity contribution in [2.45, 2.75) is 13.8 Å². The molecule has 2 aromatic rings. The Hall–Kier alpha value is -1.66. The molecular formula is C15H14BrNO3S. The van der Waals surface area contributed by atoms with Crippen molar-refractivity contribution >= 4 is 44.8 Å². The van der Waals surface area contributed by atoms with Crippen LogP contribution in [0.2, 0.25) is 0 Å². The molecular weight excluding hydrogens is 354 g/mol. The van der Waals surface area contributed by atoms with Crippen LogP contribution in [0, 0.1) is 13.8 Å². The standard InChI is InChI=1S/C15H14BrNO3S/c1-9-3-5-12(11(16)7-9)17-14(18)8-20-15(19)13-6-4-10(2)21-13/h3-7H,8H2,1-2H3,(H,17,18). The Balaban J connectivity index is 1.89. The maximum atomic E-state index is 11.8. The van der Waals surface area contributed by atoms with Crippen LogP contribution in [-0.2, 0) is 9.53 Å². The summed E-state index contributed by atoms with van der Waals surface area (Å²) in [5.74, 6) is -0.854. The largest absolute Gasteiger partial charge is 0.451 e. The Morgan fingerprint density at radius 3 is 2.62 bits per heavy atom. The highest BCUT2D eigenvalue weighted by Crippen LogP contribution is 2.23. The maximum absolute atomic E-state index is 11.8. The van der Waals surface area contributed by atoms with E-state index in [1.165, 1.54) is 11.3 Å². The van der Waals surface area contributed by atoms with E-state index in [0.717, 1.165) is 14.9 Å². The van der Waals surface area contributed by atoms with Gasteiger partial charge in [0.05, 0.1) is 5.69 Å². The van der Waals surface area contributed by atoms with Gasteiger partial charge in [0.25, 0.3) is 5.91 Å². The third-order valence-corrected chi connectivity index (χ3v) is 4.31. The summed E-state index contributed by atoms with van der Waals surface area (Å²) in [5.41, 5.74) is 1.73. The number of rotatable bonds is 4. The number of hydrogen-bond acceptors (Lipinski definition) is 4. The molecule has 1 heterocycles. The molecule has 6 heteroatoms. The van der Waals surface area contributed by atoms with Gasteiger partial charge >= 0.3 is 5.97 Å². The highest BCUT2D eigenvalue weighted by Gasteiger charge is 2.12. The molecule has 0 aliphatic rings. The number of esters is 1. The monoisotopic (exact) mass is 367 g/mol. The highest BCUT2D eigenvalue weighted by atomic mass is 79.9. The Morgan fingerprint density at radius 2 is 2.00 bits per heavy atom. The zero-order valence-electron chi connectivity index (χ0n) is 11.6. The maximum Gasteiger partial charge on any atom is 0.348 e. The van der Waals surface area contributed by atoms with Gasteiger partial charge in [-0.05, 0) is 59.6 Å². The average Bonchev–Trinajstić information content (AvgIpc) is 2.86. The molecule has 0 saturated heterocycles. The molecule has 0 saturated carbocycles. The van der Waals surface area contributed by atoms with Crippen LogP contribution in [-0.4, -0.2) is 18.5 Å². The molecule has 4 nitrogen and oxygen atoms in total. The number of ether oxygens (including phenoxy) is 1. The lowest BCUT2D eigenvalue weighted by Gasteiger charge is -2.08. The third kappa shape index (κ3) is 4.41. The van der Waals surface area contributed by atoms with Crippen LogP contribution in [0.5, 0.6) is 0 Å². The van der Waals surface area contributed by atoms with E-state index in [1.807, 2.05) is 32.0 Å². The first kappa shape index (κ1) is 15.7. The fraction of sp³-hybridized carbons (Fsp3) is 0.200. The minimum atomic E-state index is -0.480. The van der Waals surface area contributed by atoms with Gasteiger partial charge in [-0.2, -0.15) is 0 Å².